The molecule has 0 aromatic heterocycles. The van der Waals surface area contributed by atoms with E-state index in [0.29, 0.717) is 23.6 Å². The highest BCUT2D eigenvalue weighted by Gasteiger charge is 2.24. The van der Waals surface area contributed by atoms with Gasteiger partial charge in [-0.05, 0) is 36.6 Å². The summed E-state index contributed by atoms with van der Waals surface area (Å²) in [5.41, 5.74) is 0.509. The van der Waals surface area contributed by atoms with Crippen LogP contribution in [-0.4, -0.2) is 37.5 Å². The molecular weight excluding hydrogens is 332 g/mol. The van der Waals surface area contributed by atoms with Gasteiger partial charge in [0.25, 0.3) is 5.91 Å². The molecular formula is C17H23ClN2O4. The fraction of sp³-hybridized carbons (Fsp3) is 0.471. The van der Waals surface area contributed by atoms with Crippen LogP contribution in [0.2, 0.25) is 5.02 Å². The highest BCUT2D eigenvalue weighted by Crippen LogP contribution is 2.09. The van der Waals surface area contributed by atoms with Crippen molar-refractivity contribution < 1.29 is 19.1 Å². The zero-order valence-corrected chi connectivity index (χ0v) is 14.9. The highest BCUT2D eigenvalue weighted by atomic mass is 35.5. The lowest BCUT2D eigenvalue weighted by Crippen LogP contribution is -2.45. The van der Waals surface area contributed by atoms with Gasteiger partial charge in [0.15, 0.2) is 0 Å². The van der Waals surface area contributed by atoms with Crippen molar-refractivity contribution in [3.63, 3.8) is 0 Å². The number of nitrogens with one attached hydrogen (secondary N) is 2. The SMILES string of the molecule is COC(=O)C(NC(=O)CCCNC(=O)c1ccc(Cl)cc1)C(C)C. The number of hydrogen-bond donors (Lipinski definition) is 2. The number of esters is 1. The van der Waals surface area contributed by atoms with Gasteiger partial charge in [0.05, 0.1) is 7.11 Å². The molecule has 7 heteroatoms. The zero-order chi connectivity index (χ0) is 18.1. The Hall–Kier alpha value is -2.08. The molecule has 0 bridgehead atoms. The summed E-state index contributed by atoms with van der Waals surface area (Å²) in [6, 6.07) is 5.89. The molecule has 0 aliphatic rings. The summed E-state index contributed by atoms with van der Waals surface area (Å²) >= 11 is 5.77. The van der Waals surface area contributed by atoms with E-state index in [1.807, 2.05) is 13.8 Å². The van der Waals surface area contributed by atoms with Crippen molar-refractivity contribution in [3.05, 3.63) is 34.9 Å². The van der Waals surface area contributed by atoms with E-state index in [-0.39, 0.29) is 24.2 Å². The number of benzene rings is 1. The van der Waals surface area contributed by atoms with E-state index in [1.165, 1.54) is 7.11 Å². The number of halogens is 1. The third kappa shape index (κ3) is 6.58. The van der Waals surface area contributed by atoms with Crippen LogP contribution < -0.4 is 10.6 Å². The van der Waals surface area contributed by atoms with Gasteiger partial charge in [-0.1, -0.05) is 25.4 Å². The largest absolute Gasteiger partial charge is 0.467 e. The van der Waals surface area contributed by atoms with Crippen LogP contribution in [0.3, 0.4) is 0 Å². The van der Waals surface area contributed by atoms with Gasteiger partial charge in [-0.15, -0.1) is 0 Å². The minimum Gasteiger partial charge on any atom is -0.467 e. The Kier molecular flexibility index (Phi) is 8.26. The van der Waals surface area contributed by atoms with Crippen LogP contribution in [-0.2, 0) is 14.3 Å². The predicted octanol–water partition coefficient (Wildman–Crippen LogP) is 2.16. The molecule has 1 unspecified atom stereocenters. The zero-order valence-electron chi connectivity index (χ0n) is 14.1. The minimum atomic E-state index is -0.661. The first-order valence-corrected chi connectivity index (χ1v) is 8.14. The fourth-order valence-corrected chi connectivity index (χ4v) is 2.15. The Labute approximate surface area is 146 Å². The van der Waals surface area contributed by atoms with Crippen LogP contribution in [0.1, 0.15) is 37.0 Å². The van der Waals surface area contributed by atoms with E-state index >= 15 is 0 Å². The molecule has 0 radical (unpaired) electrons. The van der Waals surface area contributed by atoms with Gasteiger partial charge in [0.2, 0.25) is 5.91 Å². The minimum absolute atomic E-state index is 0.0639. The van der Waals surface area contributed by atoms with Crippen LogP contribution in [0.4, 0.5) is 0 Å². The Morgan fingerprint density at radius 2 is 1.79 bits per heavy atom. The van der Waals surface area contributed by atoms with E-state index in [0.717, 1.165) is 0 Å². The molecule has 1 rings (SSSR count). The molecule has 0 aliphatic carbocycles. The van der Waals surface area contributed by atoms with Crippen molar-refractivity contribution in [1.29, 1.82) is 0 Å². The first-order chi connectivity index (χ1) is 11.3. The Bertz CT molecular complexity index is 572. The first-order valence-electron chi connectivity index (χ1n) is 7.76. The monoisotopic (exact) mass is 354 g/mol. The second-order valence-electron chi connectivity index (χ2n) is 5.68. The number of amides is 2. The number of carbonyl (C=O) groups is 3. The van der Waals surface area contributed by atoms with Crippen molar-refractivity contribution in [3.8, 4) is 0 Å². The Morgan fingerprint density at radius 1 is 1.17 bits per heavy atom. The third-order valence-electron chi connectivity index (χ3n) is 3.41. The van der Waals surface area contributed by atoms with E-state index in [9.17, 15) is 14.4 Å². The van der Waals surface area contributed by atoms with E-state index in [2.05, 4.69) is 15.4 Å². The molecule has 2 N–H and O–H groups in total. The van der Waals surface area contributed by atoms with Gasteiger partial charge in [-0.25, -0.2) is 4.79 Å². The lowest BCUT2D eigenvalue weighted by molar-refractivity contribution is -0.146. The summed E-state index contributed by atoms with van der Waals surface area (Å²) in [5.74, 6) is -0.998. The van der Waals surface area contributed by atoms with Crippen LogP contribution in [0.15, 0.2) is 24.3 Å². The van der Waals surface area contributed by atoms with Crippen molar-refractivity contribution in [2.45, 2.75) is 32.7 Å². The summed E-state index contributed by atoms with van der Waals surface area (Å²) in [6.45, 7) is 4.02. The van der Waals surface area contributed by atoms with Crippen molar-refractivity contribution in [2.24, 2.45) is 5.92 Å². The molecule has 1 atom stereocenters. The van der Waals surface area contributed by atoms with Gasteiger partial charge >= 0.3 is 5.97 Å². The highest BCUT2D eigenvalue weighted by molar-refractivity contribution is 6.30. The molecule has 0 aliphatic heterocycles. The Morgan fingerprint density at radius 3 is 2.33 bits per heavy atom. The summed E-state index contributed by atoms with van der Waals surface area (Å²) < 4.78 is 4.67. The predicted molar refractivity (Wildman–Crippen MR) is 91.8 cm³/mol. The molecule has 0 fully saturated rings. The summed E-state index contributed by atoms with van der Waals surface area (Å²) in [7, 11) is 1.29. The summed E-state index contributed by atoms with van der Waals surface area (Å²) in [6.07, 6.45) is 0.679. The number of rotatable bonds is 8. The van der Waals surface area contributed by atoms with Crippen LogP contribution in [0.5, 0.6) is 0 Å². The molecule has 0 saturated heterocycles. The number of ether oxygens (including phenoxy) is 1. The van der Waals surface area contributed by atoms with Gasteiger partial charge < -0.3 is 15.4 Å². The van der Waals surface area contributed by atoms with E-state index < -0.39 is 12.0 Å². The number of hydrogen-bond acceptors (Lipinski definition) is 4. The maximum Gasteiger partial charge on any atom is 0.328 e. The van der Waals surface area contributed by atoms with Gasteiger partial charge in [-0.3, -0.25) is 9.59 Å². The lowest BCUT2D eigenvalue weighted by atomic mass is 10.0. The number of methoxy groups -OCH3 is 1. The van der Waals surface area contributed by atoms with Crippen molar-refractivity contribution >= 4 is 29.4 Å². The fourth-order valence-electron chi connectivity index (χ4n) is 2.02. The molecule has 0 heterocycles. The van der Waals surface area contributed by atoms with E-state index in [4.69, 9.17) is 11.6 Å². The maximum atomic E-state index is 11.9. The van der Waals surface area contributed by atoms with Gasteiger partial charge in [-0.2, -0.15) is 0 Å². The molecule has 0 saturated carbocycles. The van der Waals surface area contributed by atoms with Gasteiger partial charge in [0, 0.05) is 23.6 Å². The van der Waals surface area contributed by atoms with Crippen LogP contribution in [0, 0.1) is 5.92 Å². The molecule has 6 nitrogen and oxygen atoms in total. The standard InChI is InChI=1S/C17H23ClN2O4/c1-11(2)15(17(23)24-3)20-14(21)5-4-10-19-16(22)12-6-8-13(18)9-7-12/h6-9,11,15H,4-5,10H2,1-3H3,(H,19,22)(H,20,21). The number of carbonyl (C=O) groups excluding carboxylic acids is 3. The Balaban J connectivity index is 2.33. The first kappa shape index (κ1) is 20.0. The average Bonchev–Trinajstić information content (AvgIpc) is 2.56. The average molecular weight is 355 g/mol. The molecule has 1 aromatic carbocycles. The topological polar surface area (TPSA) is 84.5 Å². The van der Waals surface area contributed by atoms with Crippen molar-refractivity contribution in [2.75, 3.05) is 13.7 Å². The summed E-state index contributed by atoms with van der Waals surface area (Å²) in [5, 5.41) is 5.95. The van der Waals surface area contributed by atoms with Crippen LogP contribution in [0.25, 0.3) is 0 Å². The third-order valence-corrected chi connectivity index (χ3v) is 3.66. The van der Waals surface area contributed by atoms with E-state index in [1.54, 1.807) is 24.3 Å². The van der Waals surface area contributed by atoms with Gasteiger partial charge in [0.1, 0.15) is 6.04 Å². The smallest absolute Gasteiger partial charge is 0.328 e. The molecule has 132 valence electrons. The normalized spacial score (nSPS) is 11.7. The molecule has 24 heavy (non-hydrogen) atoms. The quantitative estimate of drug-likeness (QED) is 0.553. The second-order valence-corrected chi connectivity index (χ2v) is 6.12. The maximum absolute atomic E-state index is 11.9. The lowest BCUT2D eigenvalue weighted by Gasteiger charge is -2.19. The molecule has 0 spiro atoms. The van der Waals surface area contributed by atoms with Crippen molar-refractivity contribution in [1.82, 2.24) is 10.6 Å². The molecule has 2 amide bonds. The molecule has 1 aromatic rings. The second kappa shape index (κ2) is 9.93. The van der Waals surface area contributed by atoms with Crippen LogP contribution >= 0.6 is 11.6 Å². The summed E-state index contributed by atoms with van der Waals surface area (Å²) in [4.78, 5) is 35.3.